The molecule has 2 nitrogen and oxygen atoms in total. The smallest absolute Gasteiger partial charge is 0.179 e. The number of carbonyl (C=O) groups excluding carboxylic acids is 1. The molecule has 0 amide bonds. The van der Waals surface area contributed by atoms with Crippen molar-refractivity contribution in [3.05, 3.63) is 59.9 Å². The quantitative estimate of drug-likeness (QED) is 0.760. The normalized spacial score (nSPS) is 10.2. The van der Waals surface area contributed by atoms with E-state index in [0.29, 0.717) is 12.1 Å². The molecule has 0 aliphatic carbocycles. The molecule has 0 radical (unpaired) electrons. The first-order valence-corrected chi connectivity index (χ1v) is 5.57. The lowest BCUT2D eigenvalue weighted by Gasteiger charge is -2.00. The molecule has 1 aromatic carbocycles. The minimum absolute atomic E-state index is 0.195. The molecule has 0 saturated carbocycles. The summed E-state index contributed by atoms with van der Waals surface area (Å²) in [7, 11) is 0. The summed E-state index contributed by atoms with van der Waals surface area (Å²) in [6.07, 6.45) is 4.26. The van der Waals surface area contributed by atoms with Crippen LogP contribution < -0.4 is 0 Å². The number of ketones is 1. The third-order valence-electron chi connectivity index (χ3n) is 2.61. The number of hydrogen-bond donors (Lipinski definition) is 1. The summed E-state index contributed by atoms with van der Waals surface area (Å²) in [4.78, 5) is 14.6. The Morgan fingerprint density at radius 1 is 1.06 bits per heavy atom. The lowest BCUT2D eigenvalue weighted by atomic mass is 10.1. The van der Waals surface area contributed by atoms with Crippen molar-refractivity contribution in [1.82, 2.24) is 4.98 Å². The van der Waals surface area contributed by atoms with Crippen molar-refractivity contribution in [2.45, 2.75) is 19.3 Å². The first-order chi connectivity index (χ1) is 7.86. The van der Waals surface area contributed by atoms with Crippen LogP contribution in [0.1, 0.15) is 28.9 Å². The molecule has 0 atom stereocenters. The van der Waals surface area contributed by atoms with Gasteiger partial charge < -0.3 is 4.98 Å². The maximum Gasteiger partial charge on any atom is 0.179 e. The summed E-state index contributed by atoms with van der Waals surface area (Å²) in [6.45, 7) is 0. The highest BCUT2D eigenvalue weighted by Crippen LogP contribution is 2.07. The molecule has 0 saturated heterocycles. The van der Waals surface area contributed by atoms with E-state index in [1.807, 2.05) is 30.3 Å². The summed E-state index contributed by atoms with van der Waals surface area (Å²) < 4.78 is 0. The SMILES string of the molecule is O=C(CCCc1ccccc1)c1ccc[nH]1. The molecular formula is C14H15NO. The predicted octanol–water partition coefficient (Wildman–Crippen LogP) is 3.22. The van der Waals surface area contributed by atoms with E-state index in [9.17, 15) is 4.79 Å². The van der Waals surface area contributed by atoms with Gasteiger partial charge in [0.25, 0.3) is 0 Å². The third-order valence-corrected chi connectivity index (χ3v) is 2.61. The molecule has 1 aromatic heterocycles. The van der Waals surface area contributed by atoms with Crippen molar-refractivity contribution in [1.29, 1.82) is 0 Å². The van der Waals surface area contributed by atoms with Crippen molar-refractivity contribution in [2.24, 2.45) is 0 Å². The van der Waals surface area contributed by atoms with Gasteiger partial charge in [-0.15, -0.1) is 0 Å². The van der Waals surface area contributed by atoms with Crippen molar-refractivity contribution in [2.75, 3.05) is 0 Å². The van der Waals surface area contributed by atoms with Gasteiger partial charge in [-0.25, -0.2) is 0 Å². The van der Waals surface area contributed by atoms with Gasteiger partial charge in [0.1, 0.15) is 0 Å². The zero-order chi connectivity index (χ0) is 11.2. The first-order valence-electron chi connectivity index (χ1n) is 5.57. The number of nitrogens with one attached hydrogen (secondary N) is 1. The van der Waals surface area contributed by atoms with E-state index in [4.69, 9.17) is 0 Å². The lowest BCUT2D eigenvalue weighted by molar-refractivity contribution is 0.0976. The maximum absolute atomic E-state index is 11.7. The number of aromatic amines is 1. The van der Waals surface area contributed by atoms with E-state index >= 15 is 0 Å². The van der Waals surface area contributed by atoms with Gasteiger partial charge in [-0.3, -0.25) is 4.79 Å². The highest BCUT2D eigenvalue weighted by molar-refractivity contribution is 5.94. The van der Waals surface area contributed by atoms with Crippen molar-refractivity contribution >= 4 is 5.78 Å². The first kappa shape index (κ1) is 10.7. The summed E-state index contributed by atoms with van der Waals surface area (Å²) in [5.74, 6) is 0.195. The van der Waals surface area contributed by atoms with Gasteiger partial charge in [-0.1, -0.05) is 30.3 Å². The Morgan fingerprint density at radius 3 is 2.56 bits per heavy atom. The van der Waals surface area contributed by atoms with Crippen LogP contribution in [-0.2, 0) is 6.42 Å². The van der Waals surface area contributed by atoms with Crippen LogP contribution in [0.5, 0.6) is 0 Å². The maximum atomic E-state index is 11.7. The summed E-state index contributed by atoms with van der Waals surface area (Å²) >= 11 is 0. The molecule has 2 rings (SSSR count). The van der Waals surface area contributed by atoms with Gasteiger partial charge in [-0.2, -0.15) is 0 Å². The van der Waals surface area contributed by atoms with Gasteiger partial charge in [0, 0.05) is 12.6 Å². The molecule has 0 spiro atoms. The number of H-pyrrole nitrogens is 1. The second kappa shape index (κ2) is 5.31. The average molecular weight is 213 g/mol. The molecule has 0 bridgehead atoms. The molecule has 1 heterocycles. The Balaban J connectivity index is 1.79. The predicted molar refractivity (Wildman–Crippen MR) is 64.5 cm³/mol. The van der Waals surface area contributed by atoms with Crippen molar-refractivity contribution in [3.8, 4) is 0 Å². The largest absolute Gasteiger partial charge is 0.359 e. The van der Waals surface area contributed by atoms with E-state index in [0.717, 1.165) is 12.8 Å². The Morgan fingerprint density at radius 2 is 1.88 bits per heavy atom. The number of carbonyl (C=O) groups is 1. The topological polar surface area (TPSA) is 32.9 Å². The monoisotopic (exact) mass is 213 g/mol. The Kier molecular flexibility index (Phi) is 3.54. The number of benzene rings is 1. The Labute approximate surface area is 95.3 Å². The number of aryl methyl sites for hydroxylation is 1. The summed E-state index contributed by atoms with van der Waals surface area (Å²) in [5, 5.41) is 0. The zero-order valence-corrected chi connectivity index (χ0v) is 9.15. The highest BCUT2D eigenvalue weighted by atomic mass is 16.1. The standard InChI is InChI=1S/C14H15NO/c16-14(13-9-5-11-15-13)10-4-8-12-6-2-1-3-7-12/h1-3,5-7,9,11,15H,4,8,10H2. The van der Waals surface area contributed by atoms with Gasteiger partial charge in [0.15, 0.2) is 5.78 Å². The van der Waals surface area contributed by atoms with Crippen molar-refractivity contribution in [3.63, 3.8) is 0 Å². The third kappa shape index (κ3) is 2.83. The van der Waals surface area contributed by atoms with Gasteiger partial charge in [0.05, 0.1) is 5.69 Å². The zero-order valence-electron chi connectivity index (χ0n) is 9.15. The molecule has 1 N–H and O–H groups in total. The van der Waals surface area contributed by atoms with E-state index < -0.39 is 0 Å². The molecule has 16 heavy (non-hydrogen) atoms. The fourth-order valence-corrected chi connectivity index (χ4v) is 1.74. The average Bonchev–Trinajstić information content (AvgIpc) is 2.84. The lowest BCUT2D eigenvalue weighted by Crippen LogP contribution is -2.00. The number of aromatic nitrogens is 1. The van der Waals surface area contributed by atoms with Gasteiger partial charge in [-0.05, 0) is 30.5 Å². The molecule has 0 fully saturated rings. The van der Waals surface area contributed by atoms with Crippen LogP contribution >= 0.6 is 0 Å². The summed E-state index contributed by atoms with van der Waals surface area (Å²) in [5.41, 5.74) is 2.01. The van der Waals surface area contributed by atoms with Gasteiger partial charge >= 0.3 is 0 Å². The van der Waals surface area contributed by atoms with Crippen LogP contribution in [0.25, 0.3) is 0 Å². The summed E-state index contributed by atoms with van der Waals surface area (Å²) in [6, 6.07) is 13.9. The molecule has 82 valence electrons. The fraction of sp³-hybridized carbons (Fsp3) is 0.214. The van der Waals surface area contributed by atoms with Crippen LogP contribution in [0, 0.1) is 0 Å². The minimum atomic E-state index is 0.195. The number of Topliss-reactive ketones (excluding diaryl/α,β-unsaturated/α-hetero) is 1. The second-order valence-corrected chi connectivity index (χ2v) is 3.85. The number of hydrogen-bond acceptors (Lipinski definition) is 1. The second-order valence-electron chi connectivity index (χ2n) is 3.85. The van der Waals surface area contributed by atoms with E-state index in [1.54, 1.807) is 6.20 Å². The molecule has 0 aliphatic rings. The van der Waals surface area contributed by atoms with Crippen molar-refractivity contribution < 1.29 is 4.79 Å². The van der Waals surface area contributed by atoms with Crippen LogP contribution in [0.15, 0.2) is 48.7 Å². The van der Waals surface area contributed by atoms with Gasteiger partial charge in [0.2, 0.25) is 0 Å². The molecule has 2 aromatic rings. The molecular weight excluding hydrogens is 198 g/mol. The van der Waals surface area contributed by atoms with Crippen LogP contribution in [0.2, 0.25) is 0 Å². The Bertz CT molecular complexity index is 431. The molecule has 0 unspecified atom stereocenters. The minimum Gasteiger partial charge on any atom is -0.359 e. The molecule has 2 heteroatoms. The fourth-order valence-electron chi connectivity index (χ4n) is 1.74. The van der Waals surface area contributed by atoms with Crippen LogP contribution in [0.3, 0.4) is 0 Å². The number of rotatable bonds is 5. The van der Waals surface area contributed by atoms with Crippen LogP contribution in [-0.4, -0.2) is 10.8 Å². The Hall–Kier alpha value is -1.83. The highest BCUT2D eigenvalue weighted by Gasteiger charge is 2.05. The van der Waals surface area contributed by atoms with E-state index in [-0.39, 0.29) is 5.78 Å². The molecule has 0 aliphatic heterocycles. The van der Waals surface area contributed by atoms with E-state index in [1.165, 1.54) is 5.56 Å². The van der Waals surface area contributed by atoms with E-state index in [2.05, 4.69) is 17.1 Å². The van der Waals surface area contributed by atoms with Crippen LogP contribution in [0.4, 0.5) is 0 Å².